The van der Waals surface area contributed by atoms with Gasteiger partial charge in [0.1, 0.15) is 22.5 Å². The van der Waals surface area contributed by atoms with Crippen molar-refractivity contribution in [1.29, 1.82) is 0 Å². The zero-order valence-corrected chi connectivity index (χ0v) is 11.4. The highest BCUT2D eigenvalue weighted by atomic mass is 35.5. The number of benzene rings is 2. The van der Waals surface area contributed by atoms with E-state index in [1.807, 2.05) is 18.2 Å². The minimum atomic E-state index is 0.129. The van der Waals surface area contributed by atoms with Crippen LogP contribution in [0.1, 0.15) is 5.56 Å². The summed E-state index contributed by atoms with van der Waals surface area (Å²) >= 11 is 5.93. The third-order valence-corrected chi connectivity index (χ3v) is 3.21. The lowest BCUT2D eigenvalue weighted by Crippen LogP contribution is -2.00. The normalized spacial score (nSPS) is 10.8. The predicted molar refractivity (Wildman–Crippen MR) is 79.4 cm³/mol. The highest BCUT2D eigenvalue weighted by Gasteiger charge is 2.09. The number of hydrogen-bond donors (Lipinski definition) is 1. The average molecular weight is 286 g/mol. The first-order chi connectivity index (χ1) is 9.67. The van der Waals surface area contributed by atoms with Crippen LogP contribution in [0.3, 0.4) is 0 Å². The first-order valence-corrected chi connectivity index (χ1v) is 6.51. The lowest BCUT2D eigenvalue weighted by atomic mass is 10.1. The second kappa shape index (κ2) is 4.98. The number of aromatic nitrogens is 3. The molecule has 0 unspecified atom stereocenters. The Hall–Kier alpha value is -2.33. The van der Waals surface area contributed by atoms with E-state index >= 15 is 0 Å². The van der Waals surface area contributed by atoms with Crippen LogP contribution in [0.25, 0.3) is 16.7 Å². The smallest absolute Gasteiger partial charge is 0.143 e. The van der Waals surface area contributed by atoms with Crippen LogP contribution >= 0.6 is 11.6 Å². The Morgan fingerprint density at radius 2 is 1.95 bits per heavy atom. The molecule has 2 aromatic carbocycles. The molecule has 0 saturated carbocycles. The van der Waals surface area contributed by atoms with Crippen molar-refractivity contribution in [3.8, 4) is 11.4 Å². The molecular formula is C15H12ClN3O. The molecule has 3 aromatic rings. The van der Waals surface area contributed by atoms with Crippen molar-refractivity contribution in [3.05, 3.63) is 59.6 Å². The number of fused-ring (bicyclic) bond motifs is 1. The Bertz CT molecular complexity index is 795. The summed E-state index contributed by atoms with van der Waals surface area (Å²) in [5, 5.41) is 19.3. The SMILES string of the molecule is C=CCc1ccc(O)c(-n2nc3ccc(Cl)cc3n2)c1. The molecule has 0 fully saturated rings. The van der Waals surface area contributed by atoms with E-state index in [0.717, 1.165) is 17.5 Å². The monoisotopic (exact) mass is 285 g/mol. The summed E-state index contributed by atoms with van der Waals surface area (Å²) in [5.74, 6) is 0.129. The Kier molecular flexibility index (Phi) is 3.16. The minimum absolute atomic E-state index is 0.129. The van der Waals surface area contributed by atoms with Crippen LogP contribution in [-0.4, -0.2) is 20.1 Å². The van der Waals surface area contributed by atoms with Crippen molar-refractivity contribution in [2.24, 2.45) is 0 Å². The predicted octanol–water partition coefficient (Wildman–Crippen LogP) is 3.51. The van der Waals surface area contributed by atoms with Gasteiger partial charge in [-0.1, -0.05) is 23.7 Å². The summed E-state index contributed by atoms with van der Waals surface area (Å²) in [6.45, 7) is 3.71. The molecule has 0 amide bonds. The number of rotatable bonds is 3. The Labute approximate surface area is 120 Å². The van der Waals surface area contributed by atoms with E-state index in [2.05, 4.69) is 16.8 Å². The van der Waals surface area contributed by atoms with E-state index in [1.165, 1.54) is 4.80 Å². The molecule has 4 nitrogen and oxygen atoms in total. The fourth-order valence-corrected chi connectivity index (χ4v) is 2.18. The number of phenols is 1. The van der Waals surface area contributed by atoms with Crippen molar-refractivity contribution in [3.63, 3.8) is 0 Å². The molecular weight excluding hydrogens is 274 g/mol. The van der Waals surface area contributed by atoms with Gasteiger partial charge in [0, 0.05) is 5.02 Å². The third-order valence-electron chi connectivity index (χ3n) is 2.98. The van der Waals surface area contributed by atoms with Gasteiger partial charge in [0.25, 0.3) is 0 Å². The van der Waals surface area contributed by atoms with Gasteiger partial charge in [0.15, 0.2) is 0 Å². The number of allylic oxidation sites excluding steroid dienone is 1. The lowest BCUT2D eigenvalue weighted by Gasteiger charge is -2.05. The van der Waals surface area contributed by atoms with Gasteiger partial charge in [-0.3, -0.25) is 0 Å². The lowest BCUT2D eigenvalue weighted by molar-refractivity contribution is 0.467. The molecule has 3 rings (SSSR count). The average Bonchev–Trinajstić information content (AvgIpc) is 2.84. The molecule has 20 heavy (non-hydrogen) atoms. The van der Waals surface area contributed by atoms with E-state index in [0.29, 0.717) is 16.2 Å². The molecule has 0 aliphatic carbocycles. The Morgan fingerprint density at radius 3 is 2.75 bits per heavy atom. The van der Waals surface area contributed by atoms with Crippen molar-refractivity contribution >= 4 is 22.6 Å². The van der Waals surface area contributed by atoms with E-state index in [1.54, 1.807) is 24.3 Å². The molecule has 100 valence electrons. The number of aromatic hydroxyl groups is 1. The topological polar surface area (TPSA) is 50.9 Å². The van der Waals surface area contributed by atoms with Crippen LogP contribution in [0.15, 0.2) is 49.1 Å². The molecule has 0 bridgehead atoms. The summed E-state index contributed by atoms with van der Waals surface area (Å²) < 4.78 is 0. The van der Waals surface area contributed by atoms with E-state index < -0.39 is 0 Å². The van der Waals surface area contributed by atoms with Gasteiger partial charge < -0.3 is 5.11 Å². The fourth-order valence-electron chi connectivity index (χ4n) is 2.02. The third kappa shape index (κ3) is 2.26. The number of nitrogens with zero attached hydrogens (tertiary/aromatic N) is 3. The largest absolute Gasteiger partial charge is 0.506 e. The van der Waals surface area contributed by atoms with Gasteiger partial charge in [-0.25, -0.2) is 0 Å². The molecule has 0 radical (unpaired) electrons. The Morgan fingerprint density at radius 1 is 1.15 bits per heavy atom. The zero-order chi connectivity index (χ0) is 14.1. The summed E-state index contributed by atoms with van der Waals surface area (Å²) in [6, 6.07) is 10.6. The maximum absolute atomic E-state index is 9.98. The van der Waals surface area contributed by atoms with E-state index in [-0.39, 0.29) is 5.75 Å². The summed E-state index contributed by atoms with van der Waals surface area (Å²) in [4.78, 5) is 1.42. The first kappa shape index (κ1) is 12.7. The van der Waals surface area contributed by atoms with Crippen LogP contribution in [0.2, 0.25) is 5.02 Å². The highest BCUT2D eigenvalue weighted by Crippen LogP contribution is 2.24. The van der Waals surface area contributed by atoms with Gasteiger partial charge in [-0.15, -0.1) is 21.6 Å². The van der Waals surface area contributed by atoms with Gasteiger partial charge in [-0.2, -0.15) is 0 Å². The van der Waals surface area contributed by atoms with E-state index in [9.17, 15) is 5.11 Å². The van der Waals surface area contributed by atoms with Crippen molar-refractivity contribution < 1.29 is 5.11 Å². The Balaban J connectivity index is 2.14. The standard InChI is InChI=1S/C15H12ClN3O/c1-2-3-10-4-7-15(20)14(8-10)19-17-12-6-5-11(16)9-13(12)18-19/h2,4-9,20H,1,3H2. The second-order valence-electron chi connectivity index (χ2n) is 4.44. The molecule has 1 heterocycles. The van der Waals surface area contributed by atoms with Crippen molar-refractivity contribution in [2.75, 3.05) is 0 Å². The number of halogens is 1. The quantitative estimate of drug-likeness (QED) is 0.749. The van der Waals surface area contributed by atoms with Crippen LogP contribution in [0, 0.1) is 0 Å². The van der Waals surface area contributed by atoms with Gasteiger partial charge in [0.2, 0.25) is 0 Å². The van der Waals surface area contributed by atoms with Crippen LogP contribution in [0.5, 0.6) is 5.75 Å². The second-order valence-corrected chi connectivity index (χ2v) is 4.87. The summed E-state index contributed by atoms with van der Waals surface area (Å²) in [7, 11) is 0. The van der Waals surface area contributed by atoms with Gasteiger partial charge in [0.05, 0.1) is 0 Å². The maximum atomic E-state index is 9.98. The van der Waals surface area contributed by atoms with Crippen LogP contribution < -0.4 is 0 Å². The van der Waals surface area contributed by atoms with Crippen LogP contribution in [0.4, 0.5) is 0 Å². The van der Waals surface area contributed by atoms with Gasteiger partial charge >= 0.3 is 0 Å². The van der Waals surface area contributed by atoms with E-state index in [4.69, 9.17) is 11.6 Å². The minimum Gasteiger partial charge on any atom is -0.506 e. The molecule has 0 spiro atoms. The highest BCUT2D eigenvalue weighted by molar-refractivity contribution is 6.31. The summed E-state index contributed by atoms with van der Waals surface area (Å²) in [6.07, 6.45) is 2.53. The molecule has 1 aromatic heterocycles. The maximum Gasteiger partial charge on any atom is 0.143 e. The molecule has 0 atom stereocenters. The van der Waals surface area contributed by atoms with Crippen molar-refractivity contribution in [1.82, 2.24) is 15.0 Å². The van der Waals surface area contributed by atoms with Crippen LogP contribution in [-0.2, 0) is 6.42 Å². The summed E-state index contributed by atoms with van der Waals surface area (Å²) in [5.41, 5.74) is 2.98. The zero-order valence-electron chi connectivity index (χ0n) is 10.6. The fraction of sp³-hybridized carbons (Fsp3) is 0.0667. The van der Waals surface area contributed by atoms with Crippen molar-refractivity contribution in [2.45, 2.75) is 6.42 Å². The molecule has 5 heteroatoms. The number of hydrogen-bond acceptors (Lipinski definition) is 3. The molecule has 1 N–H and O–H groups in total. The molecule has 0 saturated heterocycles. The first-order valence-electron chi connectivity index (χ1n) is 6.13. The number of phenolic OH excluding ortho intramolecular Hbond substituents is 1. The molecule has 0 aliphatic rings. The van der Waals surface area contributed by atoms with Gasteiger partial charge in [-0.05, 0) is 42.3 Å². The molecule has 0 aliphatic heterocycles.